The van der Waals surface area contributed by atoms with Gasteiger partial charge < -0.3 is 18.9 Å². The predicted octanol–water partition coefficient (Wildman–Crippen LogP) is 4.21. The molecule has 0 aliphatic heterocycles. The van der Waals surface area contributed by atoms with Crippen molar-refractivity contribution in [1.82, 2.24) is 4.98 Å². The first kappa shape index (κ1) is 22.1. The molecular weight excluding hydrogens is 378 g/mol. The molecule has 0 spiro atoms. The van der Waals surface area contributed by atoms with E-state index in [1.807, 2.05) is 0 Å². The Labute approximate surface area is 169 Å². The molecule has 0 N–H and O–H groups in total. The Kier molecular flexibility index (Phi) is 6.79. The van der Waals surface area contributed by atoms with Crippen LogP contribution >= 0.6 is 0 Å². The van der Waals surface area contributed by atoms with E-state index >= 15 is 0 Å². The lowest BCUT2D eigenvalue weighted by Crippen LogP contribution is -2.26. The van der Waals surface area contributed by atoms with Crippen molar-refractivity contribution in [3.8, 4) is 5.75 Å². The van der Waals surface area contributed by atoms with Gasteiger partial charge in [0.25, 0.3) is 0 Å². The van der Waals surface area contributed by atoms with Crippen molar-refractivity contribution in [3.63, 3.8) is 0 Å². The fraction of sp³-hybridized carbons (Fsp3) is 0.429. The summed E-state index contributed by atoms with van der Waals surface area (Å²) in [6.07, 6.45) is -0.927. The van der Waals surface area contributed by atoms with Gasteiger partial charge in [0.05, 0.1) is 18.8 Å². The van der Waals surface area contributed by atoms with Crippen molar-refractivity contribution >= 4 is 29.0 Å². The molecule has 1 aromatic carbocycles. The standard InChI is InChI=1S/C21H25NO7/c1-7-26-18(23)13-11-14(19(24)27-8-2)22-17-15(10-9-12(3)16(13)17)28-20(25)29-21(4,5)6/h9-11H,7-8H2,1-6H3. The van der Waals surface area contributed by atoms with Crippen LogP contribution < -0.4 is 4.74 Å². The Morgan fingerprint density at radius 3 is 2.21 bits per heavy atom. The third-order valence-electron chi connectivity index (χ3n) is 3.69. The van der Waals surface area contributed by atoms with Gasteiger partial charge in [0.15, 0.2) is 5.75 Å². The highest BCUT2D eigenvalue weighted by atomic mass is 16.7. The Morgan fingerprint density at radius 1 is 1.00 bits per heavy atom. The van der Waals surface area contributed by atoms with Gasteiger partial charge in [0, 0.05) is 5.39 Å². The first-order valence-corrected chi connectivity index (χ1v) is 9.26. The summed E-state index contributed by atoms with van der Waals surface area (Å²) in [5.74, 6) is -1.27. The lowest BCUT2D eigenvalue weighted by molar-refractivity contribution is 0.0208. The molecule has 0 radical (unpaired) electrons. The lowest BCUT2D eigenvalue weighted by atomic mass is 10.0. The fourth-order valence-electron chi connectivity index (χ4n) is 2.61. The summed E-state index contributed by atoms with van der Waals surface area (Å²) >= 11 is 0. The molecule has 1 aromatic heterocycles. The number of pyridine rings is 1. The quantitative estimate of drug-likeness (QED) is 0.416. The van der Waals surface area contributed by atoms with Crippen LogP contribution in [0, 0.1) is 6.92 Å². The number of nitrogens with zero attached hydrogens (tertiary/aromatic N) is 1. The summed E-state index contributed by atoms with van der Waals surface area (Å²) < 4.78 is 20.6. The number of fused-ring (bicyclic) bond motifs is 1. The van der Waals surface area contributed by atoms with Gasteiger partial charge in [-0.05, 0) is 59.2 Å². The van der Waals surface area contributed by atoms with Crippen LogP contribution in [0.3, 0.4) is 0 Å². The molecule has 0 saturated carbocycles. The van der Waals surface area contributed by atoms with Gasteiger partial charge in [-0.25, -0.2) is 19.4 Å². The van der Waals surface area contributed by atoms with E-state index in [9.17, 15) is 14.4 Å². The Bertz CT molecular complexity index is 944. The van der Waals surface area contributed by atoms with Gasteiger partial charge in [-0.15, -0.1) is 0 Å². The first-order chi connectivity index (χ1) is 13.6. The average molecular weight is 403 g/mol. The van der Waals surface area contributed by atoms with Crippen LogP contribution in [0.5, 0.6) is 5.75 Å². The second-order valence-corrected chi connectivity index (χ2v) is 7.17. The van der Waals surface area contributed by atoms with Crippen molar-refractivity contribution in [1.29, 1.82) is 0 Å². The van der Waals surface area contributed by atoms with Crippen LogP contribution in [-0.4, -0.2) is 41.9 Å². The molecule has 0 saturated heterocycles. The van der Waals surface area contributed by atoms with E-state index < -0.39 is 23.7 Å². The molecule has 8 nitrogen and oxygen atoms in total. The molecule has 2 rings (SSSR count). The lowest BCUT2D eigenvalue weighted by Gasteiger charge is -2.19. The molecule has 29 heavy (non-hydrogen) atoms. The number of aryl methyl sites for hydroxylation is 1. The van der Waals surface area contributed by atoms with Crippen molar-refractivity contribution in [2.75, 3.05) is 13.2 Å². The Morgan fingerprint density at radius 2 is 1.62 bits per heavy atom. The highest BCUT2D eigenvalue weighted by molar-refractivity contribution is 6.08. The van der Waals surface area contributed by atoms with E-state index in [0.717, 1.165) is 0 Å². The number of aromatic nitrogens is 1. The summed E-state index contributed by atoms with van der Waals surface area (Å²) in [6.45, 7) is 10.5. The summed E-state index contributed by atoms with van der Waals surface area (Å²) in [6, 6.07) is 4.53. The van der Waals surface area contributed by atoms with Crippen molar-refractivity contribution in [3.05, 3.63) is 35.0 Å². The number of carbonyl (C=O) groups excluding carboxylic acids is 3. The van der Waals surface area contributed by atoms with Gasteiger partial charge >= 0.3 is 18.1 Å². The summed E-state index contributed by atoms with van der Waals surface area (Å²) in [4.78, 5) is 41.2. The number of esters is 2. The van der Waals surface area contributed by atoms with Crippen LogP contribution in [0.4, 0.5) is 4.79 Å². The van der Waals surface area contributed by atoms with Crippen LogP contribution in [0.2, 0.25) is 0 Å². The van der Waals surface area contributed by atoms with E-state index in [4.69, 9.17) is 18.9 Å². The average Bonchev–Trinajstić information content (AvgIpc) is 2.62. The molecule has 2 aromatic rings. The maximum Gasteiger partial charge on any atom is 0.514 e. The van der Waals surface area contributed by atoms with E-state index in [2.05, 4.69) is 4.98 Å². The molecule has 0 bridgehead atoms. The molecule has 0 aliphatic carbocycles. The largest absolute Gasteiger partial charge is 0.514 e. The minimum atomic E-state index is -0.927. The molecule has 0 aliphatic rings. The van der Waals surface area contributed by atoms with E-state index in [-0.39, 0.29) is 35.7 Å². The molecular formula is C21H25NO7. The van der Waals surface area contributed by atoms with E-state index in [1.54, 1.807) is 47.6 Å². The number of rotatable bonds is 5. The summed E-state index contributed by atoms with van der Waals surface area (Å²) in [5, 5.41) is 0.414. The molecule has 8 heteroatoms. The summed E-state index contributed by atoms with van der Waals surface area (Å²) in [7, 11) is 0. The van der Waals surface area contributed by atoms with Gasteiger partial charge in [-0.2, -0.15) is 0 Å². The van der Waals surface area contributed by atoms with Crippen LogP contribution in [0.25, 0.3) is 10.9 Å². The zero-order valence-electron chi connectivity index (χ0n) is 17.5. The zero-order valence-corrected chi connectivity index (χ0v) is 17.5. The Hall–Kier alpha value is -3.16. The third-order valence-corrected chi connectivity index (χ3v) is 3.69. The van der Waals surface area contributed by atoms with Crippen LogP contribution in [0.1, 0.15) is 61.0 Å². The first-order valence-electron chi connectivity index (χ1n) is 9.26. The smallest absolute Gasteiger partial charge is 0.462 e. The van der Waals surface area contributed by atoms with Crippen molar-refractivity contribution in [2.45, 2.75) is 47.1 Å². The van der Waals surface area contributed by atoms with Gasteiger partial charge in [-0.1, -0.05) is 6.07 Å². The summed E-state index contributed by atoms with van der Waals surface area (Å²) in [5.41, 5.74) is 0.137. The van der Waals surface area contributed by atoms with Crippen molar-refractivity contribution < 1.29 is 33.3 Å². The molecule has 0 fully saturated rings. The fourth-order valence-corrected chi connectivity index (χ4v) is 2.61. The molecule has 0 unspecified atom stereocenters. The number of benzene rings is 1. The highest BCUT2D eigenvalue weighted by Gasteiger charge is 2.24. The van der Waals surface area contributed by atoms with Gasteiger partial charge in [0.2, 0.25) is 0 Å². The predicted molar refractivity (Wildman–Crippen MR) is 105 cm³/mol. The van der Waals surface area contributed by atoms with Crippen LogP contribution in [-0.2, 0) is 14.2 Å². The number of hydrogen-bond acceptors (Lipinski definition) is 8. The van der Waals surface area contributed by atoms with E-state index in [1.165, 1.54) is 12.1 Å². The molecule has 1 heterocycles. The second kappa shape index (κ2) is 8.89. The van der Waals surface area contributed by atoms with E-state index in [0.29, 0.717) is 10.9 Å². The molecule has 0 atom stereocenters. The third kappa shape index (κ3) is 5.43. The highest BCUT2D eigenvalue weighted by Crippen LogP contribution is 2.31. The number of carbonyl (C=O) groups is 3. The van der Waals surface area contributed by atoms with Gasteiger partial charge in [0.1, 0.15) is 16.8 Å². The zero-order chi connectivity index (χ0) is 21.8. The maximum atomic E-state index is 12.5. The monoisotopic (exact) mass is 403 g/mol. The maximum absolute atomic E-state index is 12.5. The topological polar surface area (TPSA) is 101 Å². The normalized spacial score (nSPS) is 11.1. The minimum Gasteiger partial charge on any atom is -0.462 e. The van der Waals surface area contributed by atoms with Crippen LogP contribution in [0.15, 0.2) is 18.2 Å². The SMILES string of the molecule is CCOC(=O)c1cc(C(=O)OCC)c2c(C)ccc(OC(=O)OC(C)(C)C)c2n1. The number of ether oxygens (including phenoxy) is 4. The second-order valence-electron chi connectivity index (χ2n) is 7.17. The Balaban J connectivity index is 2.67. The van der Waals surface area contributed by atoms with Gasteiger partial charge in [-0.3, -0.25) is 0 Å². The minimum absolute atomic E-state index is 0.0524. The number of hydrogen-bond donors (Lipinski definition) is 0. The molecule has 0 amide bonds. The molecule has 156 valence electrons. The van der Waals surface area contributed by atoms with Crippen molar-refractivity contribution in [2.24, 2.45) is 0 Å².